The molecule has 0 bridgehead atoms. The second kappa shape index (κ2) is 6.55. The zero-order valence-corrected chi connectivity index (χ0v) is 14.7. The summed E-state index contributed by atoms with van der Waals surface area (Å²) < 4.78 is 24.7. The molecule has 21 heavy (non-hydrogen) atoms. The van der Waals surface area contributed by atoms with E-state index in [2.05, 4.69) is 18.7 Å². The fraction of sp³-hybridized carbons (Fsp3) is 1.00. The standard InChI is InChI=1S/C16H32N2O2S/c1-13(2)11-18(14-7-4-5-8-14)16(12-17)10-6-9-15(16)21(3,19)20/h13-15H,4-12,17H2,1-3H3. The molecule has 2 saturated carbocycles. The smallest absolute Gasteiger partial charge is 0.152 e. The Bertz CT molecular complexity index is 443. The lowest BCUT2D eigenvalue weighted by Gasteiger charge is -2.48. The fourth-order valence-electron chi connectivity index (χ4n) is 4.62. The predicted octanol–water partition coefficient (Wildman–Crippen LogP) is 2.18. The van der Waals surface area contributed by atoms with Crippen LogP contribution in [0.1, 0.15) is 58.8 Å². The third kappa shape index (κ3) is 3.45. The van der Waals surface area contributed by atoms with E-state index in [1.54, 1.807) is 0 Å². The van der Waals surface area contributed by atoms with E-state index in [-0.39, 0.29) is 10.8 Å². The van der Waals surface area contributed by atoms with Crippen LogP contribution < -0.4 is 5.73 Å². The lowest BCUT2D eigenvalue weighted by Crippen LogP contribution is -2.63. The zero-order valence-electron chi connectivity index (χ0n) is 13.8. The Labute approximate surface area is 130 Å². The van der Waals surface area contributed by atoms with Crippen molar-refractivity contribution < 1.29 is 8.42 Å². The van der Waals surface area contributed by atoms with Gasteiger partial charge in [-0.05, 0) is 31.6 Å². The van der Waals surface area contributed by atoms with E-state index >= 15 is 0 Å². The molecule has 0 spiro atoms. The van der Waals surface area contributed by atoms with E-state index in [1.165, 1.54) is 31.9 Å². The third-order valence-corrected chi connectivity index (χ3v) is 7.15. The summed E-state index contributed by atoms with van der Waals surface area (Å²) in [6.45, 7) is 5.87. The molecule has 2 atom stereocenters. The Morgan fingerprint density at radius 3 is 2.29 bits per heavy atom. The van der Waals surface area contributed by atoms with Gasteiger partial charge in [-0.2, -0.15) is 0 Å². The number of sulfone groups is 1. The van der Waals surface area contributed by atoms with Crippen LogP contribution >= 0.6 is 0 Å². The Morgan fingerprint density at radius 1 is 1.19 bits per heavy atom. The van der Waals surface area contributed by atoms with E-state index in [0.29, 0.717) is 18.5 Å². The molecule has 0 radical (unpaired) electrons. The monoisotopic (exact) mass is 316 g/mol. The van der Waals surface area contributed by atoms with Gasteiger partial charge < -0.3 is 5.73 Å². The summed E-state index contributed by atoms with van der Waals surface area (Å²) in [5.41, 5.74) is 5.87. The molecule has 0 aromatic heterocycles. The van der Waals surface area contributed by atoms with Gasteiger partial charge in [0.1, 0.15) is 0 Å². The highest BCUT2D eigenvalue weighted by Gasteiger charge is 2.52. The largest absolute Gasteiger partial charge is 0.329 e. The molecule has 2 unspecified atom stereocenters. The number of nitrogens with zero attached hydrogens (tertiary/aromatic N) is 1. The molecule has 0 heterocycles. The molecule has 0 aromatic rings. The average molecular weight is 317 g/mol. The average Bonchev–Trinajstić information content (AvgIpc) is 3.05. The summed E-state index contributed by atoms with van der Waals surface area (Å²) >= 11 is 0. The van der Waals surface area contributed by atoms with Gasteiger partial charge in [0.15, 0.2) is 9.84 Å². The molecule has 0 aromatic carbocycles. The Balaban J connectivity index is 2.37. The minimum absolute atomic E-state index is 0.283. The molecule has 5 heteroatoms. The Morgan fingerprint density at radius 2 is 1.81 bits per heavy atom. The van der Waals surface area contributed by atoms with Crippen LogP contribution in [0.3, 0.4) is 0 Å². The first-order chi connectivity index (χ1) is 9.81. The molecule has 2 aliphatic carbocycles. The maximum atomic E-state index is 12.3. The van der Waals surface area contributed by atoms with Crippen LogP contribution in [0.2, 0.25) is 0 Å². The van der Waals surface area contributed by atoms with Gasteiger partial charge in [0.2, 0.25) is 0 Å². The van der Waals surface area contributed by atoms with Crippen LogP contribution in [0.5, 0.6) is 0 Å². The number of nitrogens with two attached hydrogens (primary N) is 1. The van der Waals surface area contributed by atoms with Gasteiger partial charge in [0.25, 0.3) is 0 Å². The Hall–Kier alpha value is -0.130. The van der Waals surface area contributed by atoms with Crippen LogP contribution in [0.15, 0.2) is 0 Å². The summed E-state index contributed by atoms with van der Waals surface area (Å²) in [5, 5.41) is -0.283. The van der Waals surface area contributed by atoms with E-state index in [9.17, 15) is 8.42 Å². The first-order valence-corrected chi connectivity index (χ1v) is 10.4. The summed E-state index contributed by atoms with van der Waals surface area (Å²) in [4.78, 5) is 2.52. The van der Waals surface area contributed by atoms with Crippen molar-refractivity contribution in [1.29, 1.82) is 0 Å². The van der Waals surface area contributed by atoms with Crippen LogP contribution in [0, 0.1) is 5.92 Å². The van der Waals surface area contributed by atoms with Crippen molar-refractivity contribution in [2.75, 3.05) is 19.3 Å². The molecular formula is C16H32N2O2S. The molecule has 2 fully saturated rings. The topological polar surface area (TPSA) is 63.4 Å². The number of rotatable bonds is 6. The second-order valence-electron chi connectivity index (χ2n) is 7.50. The van der Waals surface area contributed by atoms with Crippen LogP contribution in [0.4, 0.5) is 0 Å². The van der Waals surface area contributed by atoms with E-state index in [0.717, 1.165) is 25.8 Å². The minimum Gasteiger partial charge on any atom is -0.329 e. The van der Waals surface area contributed by atoms with Crippen molar-refractivity contribution in [3.63, 3.8) is 0 Å². The molecule has 124 valence electrons. The van der Waals surface area contributed by atoms with Gasteiger partial charge >= 0.3 is 0 Å². The van der Waals surface area contributed by atoms with E-state index < -0.39 is 9.84 Å². The van der Waals surface area contributed by atoms with Crippen molar-refractivity contribution in [2.45, 2.75) is 75.6 Å². The normalized spacial score (nSPS) is 31.6. The second-order valence-corrected chi connectivity index (χ2v) is 9.73. The first-order valence-electron chi connectivity index (χ1n) is 8.47. The van der Waals surface area contributed by atoms with Gasteiger partial charge in [-0.25, -0.2) is 8.42 Å². The maximum Gasteiger partial charge on any atom is 0.152 e. The van der Waals surface area contributed by atoms with E-state index in [4.69, 9.17) is 5.73 Å². The highest BCUT2D eigenvalue weighted by molar-refractivity contribution is 7.91. The van der Waals surface area contributed by atoms with Crippen molar-refractivity contribution in [3.05, 3.63) is 0 Å². The first kappa shape index (κ1) is 17.2. The van der Waals surface area contributed by atoms with Crippen LogP contribution in [-0.4, -0.2) is 49.5 Å². The summed E-state index contributed by atoms with van der Waals surface area (Å²) in [7, 11) is -3.05. The van der Waals surface area contributed by atoms with E-state index in [1.807, 2.05) is 0 Å². The highest BCUT2D eigenvalue weighted by Crippen LogP contribution is 2.42. The van der Waals surface area contributed by atoms with Gasteiger partial charge in [-0.3, -0.25) is 4.90 Å². The lowest BCUT2D eigenvalue weighted by molar-refractivity contribution is 0.0440. The summed E-state index contributed by atoms with van der Waals surface area (Å²) in [6, 6.07) is 0.526. The lowest BCUT2D eigenvalue weighted by atomic mass is 9.90. The van der Waals surface area contributed by atoms with Crippen LogP contribution in [-0.2, 0) is 9.84 Å². The van der Waals surface area contributed by atoms with Gasteiger partial charge in [-0.15, -0.1) is 0 Å². The molecule has 0 saturated heterocycles. The molecule has 2 rings (SSSR count). The van der Waals surface area contributed by atoms with Gasteiger partial charge in [0, 0.05) is 25.4 Å². The highest BCUT2D eigenvalue weighted by atomic mass is 32.2. The summed E-state index contributed by atoms with van der Waals surface area (Å²) in [6.07, 6.45) is 9.02. The van der Waals surface area contributed by atoms with Crippen molar-refractivity contribution in [1.82, 2.24) is 4.90 Å². The SMILES string of the molecule is CC(C)CN(C1CCCC1)C1(CN)CCCC1S(C)(=O)=O. The van der Waals surface area contributed by atoms with Gasteiger partial charge in [-0.1, -0.05) is 33.1 Å². The van der Waals surface area contributed by atoms with Crippen LogP contribution in [0.25, 0.3) is 0 Å². The number of hydrogen-bond acceptors (Lipinski definition) is 4. The van der Waals surface area contributed by atoms with Crippen molar-refractivity contribution in [2.24, 2.45) is 11.7 Å². The minimum atomic E-state index is -3.05. The van der Waals surface area contributed by atoms with Crippen molar-refractivity contribution >= 4 is 9.84 Å². The predicted molar refractivity (Wildman–Crippen MR) is 88.1 cm³/mol. The fourth-order valence-corrected chi connectivity index (χ4v) is 6.36. The van der Waals surface area contributed by atoms with Crippen molar-refractivity contribution in [3.8, 4) is 0 Å². The molecular weight excluding hydrogens is 284 g/mol. The quantitative estimate of drug-likeness (QED) is 0.816. The Kier molecular flexibility index (Phi) is 5.37. The zero-order chi connectivity index (χ0) is 15.7. The number of hydrogen-bond donors (Lipinski definition) is 1. The van der Waals surface area contributed by atoms with Gasteiger partial charge in [0.05, 0.1) is 10.8 Å². The third-order valence-electron chi connectivity index (χ3n) is 5.44. The molecule has 2 aliphatic rings. The molecule has 2 N–H and O–H groups in total. The summed E-state index contributed by atoms with van der Waals surface area (Å²) in [5.74, 6) is 0.537. The maximum absolute atomic E-state index is 12.3. The molecule has 0 amide bonds. The molecule has 0 aliphatic heterocycles. The molecule has 4 nitrogen and oxygen atoms in total.